The van der Waals surface area contributed by atoms with Gasteiger partial charge < -0.3 is 20.5 Å². The summed E-state index contributed by atoms with van der Waals surface area (Å²) in [5.41, 5.74) is 3.49. The highest BCUT2D eigenvalue weighted by molar-refractivity contribution is 6.30. The Kier molecular flexibility index (Phi) is 5.84. The standard InChI is InChI=1S/C21H19ClN2O3/c1-27-20-11-14(5-10-19(20)25)13-23-21(26)24-18-4-2-3-16(12-18)15-6-8-17(22)9-7-15/h2-12,25H,13H2,1H3,(H2,23,24,26). The van der Waals surface area contributed by atoms with Gasteiger partial charge in [0.05, 0.1) is 7.11 Å². The molecule has 0 aromatic heterocycles. The molecule has 3 N–H and O–H groups in total. The third kappa shape index (κ3) is 4.92. The third-order valence-electron chi connectivity index (χ3n) is 4.00. The molecular formula is C21H19ClN2O3. The number of rotatable bonds is 5. The van der Waals surface area contributed by atoms with Crippen LogP contribution in [0.25, 0.3) is 11.1 Å². The number of benzene rings is 3. The van der Waals surface area contributed by atoms with Crippen LogP contribution in [-0.2, 0) is 6.54 Å². The van der Waals surface area contributed by atoms with Gasteiger partial charge in [-0.2, -0.15) is 0 Å². The van der Waals surface area contributed by atoms with Crippen molar-refractivity contribution in [1.82, 2.24) is 5.32 Å². The summed E-state index contributed by atoms with van der Waals surface area (Å²) in [4.78, 5) is 12.2. The maximum absolute atomic E-state index is 12.2. The van der Waals surface area contributed by atoms with Crippen LogP contribution in [0.1, 0.15) is 5.56 Å². The van der Waals surface area contributed by atoms with Gasteiger partial charge in [-0.25, -0.2) is 4.79 Å². The molecule has 27 heavy (non-hydrogen) atoms. The third-order valence-corrected chi connectivity index (χ3v) is 4.25. The number of aromatic hydroxyl groups is 1. The second-order valence-corrected chi connectivity index (χ2v) is 6.34. The molecule has 5 nitrogen and oxygen atoms in total. The number of phenolic OH excluding ortho intramolecular Hbond substituents is 1. The normalized spacial score (nSPS) is 10.3. The second-order valence-electron chi connectivity index (χ2n) is 5.90. The van der Waals surface area contributed by atoms with Crippen molar-refractivity contribution in [3.05, 3.63) is 77.3 Å². The zero-order chi connectivity index (χ0) is 19.2. The Morgan fingerprint density at radius 2 is 1.81 bits per heavy atom. The number of urea groups is 1. The number of nitrogens with one attached hydrogen (secondary N) is 2. The van der Waals surface area contributed by atoms with Gasteiger partial charge in [-0.05, 0) is 53.1 Å². The number of hydrogen-bond donors (Lipinski definition) is 3. The molecule has 138 valence electrons. The summed E-state index contributed by atoms with van der Waals surface area (Å²) in [6.45, 7) is 0.305. The smallest absolute Gasteiger partial charge is 0.319 e. The van der Waals surface area contributed by atoms with Gasteiger partial charge in [0.2, 0.25) is 0 Å². The predicted octanol–water partition coefficient (Wildman–Crippen LogP) is 5.04. The quantitative estimate of drug-likeness (QED) is 0.578. The first-order chi connectivity index (χ1) is 13.0. The van der Waals surface area contributed by atoms with Crippen molar-refractivity contribution >= 4 is 23.3 Å². The van der Waals surface area contributed by atoms with Gasteiger partial charge in [-0.15, -0.1) is 0 Å². The van der Waals surface area contributed by atoms with Crippen molar-refractivity contribution in [3.63, 3.8) is 0 Å². The first kappa shape index (κ1) is 18.6. The van der Waals surface area contributed by atoms with E-state index in [4.69, 9.17) is 16.3 Å². The molecule has 0 fully saturated rings. The van der Waals surface area contributed by atoms with Gasteiger partial charge in [0.15, 0.2) is 11.5 Å². The molecule has 2 amide bonds. The Morgan fingerprint density at radius 1 is 1.04 bits per heavy atom. The Bertz CT molecular complexity index is 942. The summed E-state index contributed by atoms with van der Waals surface area (Å²) in [6, 6.07) is 19.7. The molecule has 0 atom stereocenters. The van der Waals surface area contributed by atoms with Gasteiger partial charge in [0, 0.05) is 17.3 Å². The average Bonchev–Trinajstić information content (AvgIpc) is 2.68. The molecule has 0 saturated heterocycles. The highest BCUT2D eigenvalue weighted by atomic mass is 35.5. The zero-order valence-electron chi connectivity index (χ0n) is 14.7. The van der Waals surface area contributed by atoms with Crippen LogP contribution in [0.3, 0.4) is 0 Å². The topological polar surface area (TPSA) is 70.6 Å². The number of anilines is 1. The van der Waals surface area contributed by atoms with E-state index >= 15 is 0 Å². The van der Waals surface area contributed by atoms with E-state index in [1.807, 2.05) is 48.5 Å². The van der Waals surface area contributed by atoms with Crippen molar-refractivity contribution in [3.8, 4) is 22.6 Å². The van der Waals surface area contributed by atoms with Gasteiger partial charge in [-0.1, -0.05) is 41.9 Å². The SMILES string of the molecule is COc1cc(CNC(=O)Nc2cccc(-c3ccc(Cl)cc3)c2)ccc1O. The number of carbonyl (C=O) groups is 1. The van der Waals surface area contributed by atoms with Crippen molar-refractivity contribution in [2.24, 2.45) is 0 Å². The summed E-state index contributed by atoms with van der Waals surface area (Å²) in [5.74, 6) is 0.426. The highest BCUT2D eigenvalue weighted by Gasteiger charge is 2.06. The van der Waals surface area contributed by atoms with Crippen LogP contribution >= 0.6 is 11.6 Å². The van der Waals surface area contributed by atoms with Crippen molar-refractivity contribution in [2.45, 2.75) is 6.54 Å². The lowest BCUT2D eigenvalue weighted by Crippen LogP contribution is -2.28. The largest absolute Gasteiger partial charge is 0.504 e. The van der Waals surface area contributed by atoms with Crippen molar-refractivity contribution in [2.75, 3.05) is 12.4 Å². The Labute approximate surface area is 162 Å². The molecule has 0 unspecified atom stereocenters. The lowest BCUT2D eigenvalue weighted by atomic mass is 10.1. The number of carbonyl (C=O) groups excluding carboxylic acids is 1. The molecule has 0 bridgehead atoms. The minimum atomic E-state index is -0.324. The van der Waals surface area contributed by atoms with E-state index < -0.39 is 0 Å². The monoisotopic (exact) mass is 382 g/mol. The van der Waals surface area contributed by atoms with Crippen LogP contribution in [0.5, 0.6) is 11.5 Å². The Morgan fingerprint density at radius 3 is 2.56 bits per heavy atom. The fraction of sp³-hybridized carbons (Fsp3) is 0.0952. The van der Waals surface area contributed by atoms with Crippen LogP contribution in [0.2, 0.25) is 5.02 Å². The highest BCUT2D eigenvalue weighted by Crippen LogP contribution is 2.26. The number of methoxy groups -OCH3 is 1. The molecule has 0 heterocycles. The van der Waals surface area contributed by atoms with Crippen LogP contribution in [0.15, 0.2) is 66.7 Å². The summed E-state index contributed by atoms with van der Waals surface area (Å²) >= 11 is 5.93. The van der Waals surface area contributed by atoms with E-state index in [2.05, 4.69) is 10.6 Å². The molecule has 3 aromatic rings. The van der Waals surface area contributed by atoms with E-state index in [-0.39, 0.29) is 11.8 Å². The molecule has 0 saturated carbocycles. The minimum absolute atomic E-state index is 0.0599. The van der Waals surface area contributed by atoms with E-state index in [1.165, 1.54) is 13.2 Å². The van der Waals surface area contributed by atoms with E-state index in [1.54, 1.807) is 12.1 Å². The lowest BCUT2D eigenvalue weighted by molar-refractivity contribution is 0.251. The van der Waals surface area contributed by atoms with Gasteiger partial charge in [-0.3, -0.25) is 0 Å². The van der Waals surface area contributed by atoms with Crippen LogP contribution in [0.4, 0.5) is 10.5 Å². The fourth-order valence-corrected chi connectivity index (χ4v) is 2.73. The molecule has 6 heteroatoms. The van der Waals surface area contributed by atoms with Crippen LogP contribution < -0.4 is 15.4 Å². The lowest BCUT2D eigenvalue weighted by Gasteiger charge is -2.10. The van der Waals surface area contributed by atoms with Crippen molar-refractivity contribution in [1.29, 1.82) is 0 Å². The minimum Gasteiger partial charge on any atom is -0.504 e. The van der Waals surface area contributed by atoms with Crippen LogP contribution in [0, 0.1) is 0 Å². The first-order valence-electron chi connectivity index (χ1n) is 8.32. The summed E-state index contributed by atoms with van der Waals surface area (Å²) in [5, 5.41) is 15.9. The number of amides is 2. The maximum atomic E-state index is 12.2. The first-order valence-corrected chi connectivity index (χ1v) is 8.69. The molecular weight excluding hydrogens is 364 g/mol. The molecule has 0 aliphatic heterocycles. The molecule has 0 radical (unpaired) electrons. The van der Waals surface area contributed by atoms with Gasteiger partial charge in [0.25, 0.3) is 0 Å². The van der Waals surface area contributed by atoms with E-state index in [9.17, 15) is 9.90 Å². The molecule has 0 spiro atoms. The molecule has 0 aliphatic rings. The number of halogens is 1. The second kappa shape index (κ2) is 8.47. The predicted molar refractivity (Wildman–Crippen MR) is 107 cm³/mol. The van der Waals surface area contributed by atoms with E-state index in [0.717, 1.165) is 16.7 Å². The zero-order valence-corrected chi connectivity index (χ0v) is 15.5. The molecule has 0 aliphatic carbocycles. The van der Waals surface area contributed by atoms with Crippen molar-refractivity contribution < 1.29 is 14.6 Å². The summed E-state index contributed by atoms with van der Waals surface area (Å²) in [6.07, 6.45) is 0. The summed E-state index contributed by atoms with van der Waals surface area (Å²) in [7, 11) is 1.48. The Hall–Kier alpha value is -3.18. The molecule has 3 aromatic carbocycles. The number of ether oxygens (including phenoxy) is 1. The number of phenols is 1. The Balaban J connectivity index is 1.62. The maximum Gasteiger partial charge on any atom is 0.319 e. The summed E-state index contributed by atoms with van der Waals surface area (Å²) < 4.78 is 5.06. The van der Waals surface area contributed by atoms with Gasteiger partial charge in [0.1, 0.15) is 0 Å². The molecule has 3 rings (SSSR count). The number of hydrogen-bond acceptors (Lipinski definition) is 3. The fourth-order valence-electron chi connectivity index (χ4n) is 2.61. The average molecular weight is 383 g/mol. The van der Waals surface area contributed by atoms with E-state index in [0.29, 0.717) is 23.0 Å². The van der Waals surface area contributed by atoms with Gasteiger partial charge >= 0.3 is 6.03 Å². The van der Waals surface area contributed by atoms with Crippen LogP contribution in [-0.4, -0.2) is 18.2 Å².